The molecule has 0 amide bonds. The van der Waals surface area contributed by atoms with Gasteiger partial charge in [0, 0.05) is 68.9 Å². The van der Waals surface area contributed by atoms with Gasteiger partial charge in [-0.05, 0) is 65.3 Å². The Kier molecular flexibility index (Phi) is 9.93. The number of pyridine rings is 1. The van der Waals surface area contributed by atoms with E-state index in [0.29, 0.717) is 43.2 Å². The number of aliphatic hydroxyl groups is 1. The fourth-order valence-electron chi connectivity index (χ4n) is 6.88. The van der Waals surface area contributed by atoms with Crippen molar-refractivity contribution in [2.45, 2.75) is 71.8 Å². The standard InChI is InChI=1S/C34H45F2N8O4P/c1-7-47-49(46,48-8-2)34(45)12-14-43(21-34)16-15-42-13-11-27-23(20-42)9-10-29(39-27)40-32-37-19-26(36)30(41-32)24-17-25(35)31-28(18-24)44(22(3)38-31)33(4,5)6/h9-10,17-19,45H,7-8,11-16,20-21H2,1-6H3,(H,37,39,40,41). The van der Waals surface area contributed by atoms with Crippen LogP contribution < -0.4 is 5.32 Å². The smallest absolute Gasteiger partial charge is 0.363 e. The van der Waals surface area contributed by atoms with Gasteiger partial charge >= 0.3 is 7.60 Å². The number of imidazole rings is 1. The molecule has 1 unspecified atom stereocenters. The Morgan fingerprint density at radius 1 is 1.02 bits per heavy atom. The van der Waals surface area contributed by atoms with Gasteiger partial charge in [-0.1, -0.05) is 6.07 Å². The highest BCUT2D eigenvalue weighted by Gasteiger charge is 2.53. The second-order valence-corrected chi connectivity index (χ2v) is 16.0. The SMILES string of the molecule is CCOP(=O)(OCC)C1(O)CCN(CCN2CCc3nc(Nc4ncc(F)c(-c5cc(F)c6nc(C)n(C(C)(C)C)c6c5)n4)ccc3C2)C1. The van der Waals surface area contributed by atoms with Crippen LogP contribution in [0, 0.1) is 18.6 Å². The molecule has 264 valence electrons. The summed E-state index contributed by atoms with van der Waals surface area (Å²) in [5.41, 5.74) is 2.74. The molecule has 1 saturated heterocycles. The number of aromatic nitrogens is 5. The first-order valence-corrected chi connectivity index (χ1v) is 18.3. The highest BCUT2D eigenvalue weighted by atomic mass is 31.2. The van der Waals surface area contributed by atoms with Crippen molar-refractivity contribution >= 4 is 30.4 Å². The first-order valence-electron chi connectivity index (χ1n) is 16.8. The van der Waals surface area contributed by atoms with Crippen LogP contribution in [0.3, 0.4) is 0 Å². The number of halogens is 2. The maximum absolute atomic E-state index is 15.2. The molecule has 0 bridgehead atoms. The van der Waals surface area contributed by atoms with Crippen molar-refractivity contribution in [3.05, 3.63) is 59.2 Å². The van der Waals surface area contributed by atoms with E-state index in [4.69, 9.17) is 14.0 Å². The predicted octanol–water partition coefficient (Wildman–Crippen LogP) is 5.99. The van der Waals surface area contributed by atoms with Gasteiger partial charge in [0.15, 0.2) is 17.0 Å². The zero-order valence-corrected chi connectivity index (χ0v) is 29.9. The van der Waals surface area contributed by atoms with E-state index in [9.17, 15) is 9.67 Å². The van der Waals surface area contributed by atoms with Crippen molar-refractivity contribution in [2.75, 3.05) is 51.3 Å². The van der Waals surface area contributed by atoms with Crippen LogP contribution in [0.2, 0.25) is 0 Å². The zero-order chi connectivity index (χ0) is 35.1. The fraction of sp³-hybridized carbons (Fsp3) is 0.529. The predicted molar refractivity (Wildman–Crippen MR) is 184 cm³/mol. The number of rotatable bonds is 11. The summed E-state index contributed by atoms with van der Waals surface area (Å²) >= 11 is 0. The molecule has 2 N–H and O–H groups in total. The van der Waals surface area contributed by atoms with E-state index in [1.165, 1.54) is 6.07 Å². The van der Waals surface area contributed by atoms with Crippen LogP contribution in [-0.2, 0) is 32.1 Å². The molecular formula is C34H45F2N8O4P. The van der Waals surface area contributed by atoms with Gasteiger partial charge in [-0.2, -0.15) is 0 Å². The van der Waals surface area contributed by atoms with Crippen molar-refractivity contribution in [2.24, 2.45) is 0 Å². The third kappa shape index (κ3) is 7.13. The first-order chi connectivity index (χ1) is 23.2. The van der Waals surface area contributed by atoms with Gasteiger partial charge < -0.3 is 24.0 Å². The van der Waals surface area contributed by atoms with Gasteiger partial charge in [-0.25, -0.2) is 28.7 Å². The van der Waals surface area contributed by atoms with Crippen molar-refractivity contribution < 1.29 is 27.5 Å². The summed E-state index contributed by atoms with van der Waals surface area (Å²) in [5.74, 6) is 0.118. The minimum absolute atomic E-state index is 0.0266. The van der Waals surface area contributed by atoms with E-state index in [-0.39, 0.29) is 48.0 Å². The van der Waals surface area contributed by atoms with Crippen LogP contribution in [-0.4, -0.2) is 90.7 Å². The molecule has 2 aliphatic rings. The van der Waals surface area contributed by atoms with Gasteiger partial charge in [0.1, 0.15) is 22.9 Å². The van der Waals surface area contributed by atoms with E-state index in [1.54, 1.807) is 19.9 Å². The molecule has 1 fully saturated rings. The second kappa shape index (κ2) is 13.7. The molecule has 3 aromatic heterocycles. The maximum atomic E-state index is 15.2. The summed E-state index contributed by atoms with van der Waals surface area (Å²) < 4.78 is 56.4. The van der Waals surface area contributed by atoms with Crippen LogP contribution >= 0.6 is 7.60 Å². The maximum Gasteiger partial charge on any atom is 0.363 e. The average molecular weight is 699 g/mol. The van der Waals surface area contributed by atoms with Crippen molar-refractivity contribution in [3.8, 4) is 11.3 Å². The molecule has 6 rings (SSSR count). The zero-order valence-electron chi connectivity index (χ0n) is 29.0. The van der Waals surface area contributed by atoms with Crippen LogP contribution in [0.15, 0.2) is 30.5 Å². The molecule has 12 nitrogen and oxygen atoms in total. The molecule has 0 saturated carbocycles. The number of fused-ring (bicyclic) bond motifs is 2. The molecule has 49 heavy (non-hydrogen) atoms. The van der Waals surface area contributed by atoms with Crippen molar-refractivity contribution in [3.63, 3.8) is 0 Å². The third-order valence-corrected chi connectivity index (χ3v) is 11.7. The topological polar surface area (TPSA) is 131 Å². The molecule has 15 heteroatoms. The number of nitrogens with one attached hydrogen (secondary N) is 1. The Morgan fingerprint density at radius 3 is 2.47 bits per heavy atom. The minimum atomic E-state index is -3.64. The summed E-state index contributed by atoms with van der Waals surface area (Å²) in [6, 6.07) is 6.82. The van der Waals surface area contributed by atoms with Gasteiger partial charge in [-0.3, -0.25) is 14.4 Å². The monoisotopic (exact) mass is 698 g/mol. The van der Waals surface area contributed by atoms with E-state index in [0.717, 1.165) is 37.0 Å². The quantitative estimate of drug-likeness (QED) is 0.179. The van der Waals surface area contributed by atoms with Gasteiger partial charge in [0.2, 0.25) is 5.95 Å². The summed E-state index contributed by atoms with van der Waals surface area (Å²) in [5, 5.41) is 12.8. The van der Waals surface area contributed by atoms with Crippen LogP contribution in [0.1, 0.15) is 58.1 Å². The number of hydrogen-bond donors (Lipinski definition) is 2. The average Bonchev–Trinajstić information content (AvgIpc) is 3.61. The number of anilines is 2. The number of hydrogen-bond acceptors (Lipinski definition) is 11. The van der Waals surface area contributed by atoms with Gasteiger partial charge in [-0.15, -0.1) is 0 Å². The number of likely N-dealkylation sites (tertiary alicyclic amines) is 1. The van der Waals surface area contributed by atoms with Gasteiger partial charge in [0.25, 0.3) is 0 Å². The molecular weight excluding hydrogens is 653 g/mol. The minimum Gasteiger partial charge on any atom is -0.376 e. The third-order valence-electron chi connectivity index (χ3n) is 9.08. The lowest BCUT2D eigenvalue weighted by Crippen LogP contribution is -2.40. The Labute approximate surface area is 285 Å². The Balaban J connectivity index is 1.12. The lowest BCUT2D eigenvalue weighted by Gasteiger charge is -2.32. The van der Waals surface area contributed by atoms with Gasteiger partial charge in [0.05, 0.1) is 24.9 Å². The van der Waals surface area contributed by atoms with E-state index in [2.05, 4.69) is 30.1 Å². The second-order valence-electron chi connectivity index (χ2n) is 13.7. The number of nitrogens with zero attached hydrogens (tertiary/aromatic N) is 7. The Hall–Kier alpha value is -3.39. The highest BCUT2D eigenvalue weighted by Crippen LogP contribution is 2.61. The molecule has 0 spiro atoms. The fourth-order valence-corrected chi connectivity index (χ4v) is 8.86. The summed E-state index contributed by atoms with van der Waals surface area (Å²) in [6.07, 6.45) is 2.14. The Morgan fingerprint density at radius 2 is 1.76 bits per heavy atom. The summed E-state index contributed by atoms with van der Waals surface area (Å²) in [6.45, 7) is 15.6. The molecule has 5 heterocycles. The largest absolute Gasteiger partial charge is 0.376 e. The van der Waals surface area contributed by atoms with Crippen LogP contribution in [0.4, 0.5) is 20.5 Å². The van der Waals surface area contributed by atoms with Crippen molar-refractivity contribution in [1.82, 2.24) is 34.3 Å². The van der Waals surface area contributed by atoms with Crippen LogP contribution in [0.5, 0.6) is 0 Å². The summed E-state index contributed by atoms with van der Waals surface area (Å²) in [7, 11) is -3.64. The van der Waals surface area contributed by atoms with E-state index >= 15 is 8.78 Å². The number of benzene rings is 1. The molecule has 4 aromatic rings. The molecule has 1 atom stereocenters. The van der Waals surface area contributed by atoms with E-state index < -0.39 is 24.6 Å². The van der Waals surface area contributed by atoms with Crippen LogP contribution in [0.25, 0.3) is 22.3 Å². The van der Waals surface area contributed by atoms with Crippen molar-refractivity contribution in [1.29, 1.82) is 0 Å². The van der Waals surface area contributed by atoms with E-state index in [1.807, 2.05) is 44.4 Å². The highest BCUT2D eigenvalue weighted by molar-refractivity contribution is 7.55. The molecule has 1 aromatic carbocycles. The lowest BCUT2D eigenvalue weighted by atomic mass is 10.1. The summed E-state index contributed by atoms with van der Waals surface area (Å²) in [4.78, 5) is 22.2. The first kappa shape index (κ1) is 35.4. The number of β-amino-alcohol motifs (C(OH)–C–C–N with tert-alkyl or cyclic N) is 1. The lowest BCUT2D eigenvalue weighted by molar-refractivity contribution is 0.0717. The Bertz CT molecular complexity index is 1890. The molecule has 0 radical (unpaired) electrons. The molecule has 0 aliphatic carbocycles. The number of aryl methyl sites for hydroxylation is 1. The normalized spacial score (nSPS) is 19.1. The molecule has 2 aliphatic heterocycles.